The van der Waals surface area contributed by atoms with E-state index in [2.05, 4.69) is 24.8 Å². The van der Waals surface area contributed by atoms with Crippen LogP contribution < -0.4 is 0 Å². The van der Waals surface area contributed by atoms with Gasteiger partial charge in [-0.05, 0) is 25.7 Å². The number of rotatable bonds is 7. The molecule has 110 valence electrons. The van der Waals surface area contributed by atoms with Crippen molar-refractivity contribution in [1.82, 2.24) is 4.90 Å². The molecule has 1 aliphatic carbocycles. The minimum Gasteiger partial charge on any atom is -0.383 e. The maximum absolute atomic E-state index is 9.48. The van der Waals surface area contributed by atoms with Gasteiger partial charge in [0.1, 0.15) is 0 Å². The van der Waals surface area contributed by atoms with E-state index in [1.165, 1.54) is 25.7 Å². The molecule has 0 aromatic heterocycles. The van der Waals surface area contributed by atoms with Crippen molar-refractivity contribution in [3.63, 3.8) is 0 Å². The molecule has 1 rings (SSSR count). The minimum atomic E-state index is 0.208. The molecular weight excluding hydrogens is 236 g/mol. The van der Waals surface area contributed by atoms with E-state index < -0.39 is 0 Å². The highest BCUT2D eigenvalue weighted by atomic mass is 16.5. The molecule has 0 aromatic rings. The van der Waals surface area contributed by atoms with Crippen LogP contribution in [0.2, 0.25) is 0 Å². The molecule has 0 amide bonds. The predicted octanol–water partition coefficient (Wildman–Crippen LogP) is 3.60. The van der Waals surface area contributed by atoms with Gasteiger partial charge in [-0.25, -0.2) is 0 Å². The minimum absolute atomic E-state index is 0.208. The van der Waals surface area contributed by atoms with Gasteiger partial charge in [-0.2, -0.15) is 5.26 Å². The van der Waals surface area contributed by atoms with E-state index in [-0.39, 0.29) is 5.92 Å². The number of ether oxygens (including phenoxy) is 1. The van der Waals surface area contributed by atoms with E-state index >= 15 is 0 Å². The Hall–Kier alpha value is -0.590. The Bertz CT molecular complexity index is 270. The van der Waals surface area contributed by atoms with Gasteiger partial charge in [0.15, 0.2) is 0 Å². The summed E-state index contributed by atoms with van der Waals surface area (Å²) >= 11 is 0. The molecule has 0 aliphatic heterocycles. The van der Waals surface area contributed by atoms with Crippen molar-refractivity contribution in [2.75, 3.05) is 20.3 Å². The smallest absolute Gasteiger partial charge is 0.0672 e. The number of nitriles is 1. The third-order valence-electron chi connectivity index (χ3n) is 4.54. The van der Waals surface area contributed by atoms with Gasteiger partial charge in [-0.1, -0.05) is 33.1 Å². The van der Waals surface area contributed by atoms with E-state index in [0.717, 1.165) is 32.4 Å². The van der Waals surface area contributed by atoms with E-state index in [9.17, 15) is 5.26 Å². The molecule has 0 spiro atoms. The van der Waals surface area contributed by atoms with Crippen LogP contribution in [0.3, 0.4) is 0 Å². The molecule has 3 heteroatoms. The number of hydrogen-bond acceptors (Lipinski definition) is 3. The highest BCUT2D eigenvalue weighted by Gasteiger charge is 2.31. The second kappa shape index (κ2) is 9.34. The molecule has 2 unspecified atom stereocenters. The van der Waals surface area contributed by atoms with Crippen LogP contribution in [0.25, 0.3) is 0 Å². The maximum atomic E-state index is 9.48. The maximum Gasteiger partial charge on any atom is 0.0672 e. The average molecular weight is 266 g/mol. The van der Waals surface area contributed by atoms with Gasteiger partial charge < -0.3 is 4.74 Å². The zero-order valence-corrected chi connectivity index (χ0v) is 12.9. The highest BCUT2D eigenvalue weighted by Crippen LogP contribution is 2.29. The summed E-state index contributed by atoms with van der Waals surface area (Å²) in [5, 5.41) is 9.48. The summed E-state index contributed by atoms with van der Waals surface area (Å²) in [5.41, 5.74) is 0. The van der Waals surface area contributed by atoms with Crippen LogP contribution in [0.5, 0.6) is 0 Å². The Morgan fingerprint density at radius 1 is 1.21 bits per heavy atom. The zero-order chi connectivity index (χ0) is 14.1. The third-order valence-corrected chi connectivity index (χ3v) is 4.54. The van der Waals surface area contributed by atoms with Gasteiger partial charge in [0.2, 0.25) is 0 Å². The summed E-state index contributed by atoms with van der Waals surface area (Å²) in [6.07, 6.45) is 8.35. The van der Waals surface area contributed by atoms with Crippen molar-refractivity contribution >= 4 is 0 Å². The SMILES string of the molecule is CCC(CC)N(CCOC)C1CCCCCC1C#N. The lowest BCUT2D eigenvalue weighted by atomic mass is 9.92. The Labute approximate surface area is 118 Å². The Morgan fingerprint density at radius 3 is 2.47 bits per heavy atom. The fourth-order valence-corrected chi connectivity index (χ4v) is 3.41. The lowest BCUT2D eigenvalue weighted by Gasteiger charge is -2.39. The lowest BCUT2D eigenvalue weighted by molar-refractivity contribution is 0.0602. The van der Waals surface area contributed by atoms with Gasteiger partial charge in [0.25, 0.3) is 0 Å². The van der Waals surface area contributed by atoms with Crippen molar-refractivity contribution in [2.45, 2.75) is 70.9 Å². The first kappa shape index (κ1) is 16.5. The van der Waals surface area contributed by atoms with Crippen LogP contribution in [-0.4, -0.2) is 37.2 Å². The molecule has 0 heterocycles. The first-order valence-corrected chi connectivity index (χ1v) is 7.92. The van der Waals surface area contributed by atoms with E-state index in [1.54, 1.807) is 7.11 Å². The van der Waals surface area contributed by atoms with Crippen molar-refractivity contribution in [2.24, 2.45) is 5.92 Å². The van der Waals surface area contributed by atoms with E-state index in [4.69, 9.17) is 4.74 Å². The zero-order valence-electron chi connectivity index (χ0n) is 12.9. The average Bonchev–Trinajstić information content (AvgIpc) is 2.68. The van der Waals surface area contributed by atoms with Gasteiger partial charge in [0, 0.05) is 25.7 Å². The van der Waals surface area contributed by atoms with Gasteiger partial charge in [-0.3, -0.25) is 4.90 Å². The summed E-state index contributed by atoms with van der Waals surface area (Å²) in [6.45, 7) is 6.24. The normalized spacial score (nSPS) is 24.4. The standard InChI is InChI=1S/C16H30N2O/c1-4-15(5-2)18(11-12-19-3)16-10-8-6-7-9-14(16)13-17/h14-16H,4-12H2,1-3H3. The van der Waals surface area contributed by atoms with E-state index in [0.29, 0.717) is 12.1 Å². The summed E-state index contributed by atoms with van der Waals surface area (Å²) in [4.78, 5) is 2.57. The predicted molar refractivity (Wildman–Crippen MR) is 78.9 cm³/mol. The first-order chi connectivity index (χ1) is 9.28. The summed E-state index contributed by atoms with van der Waals surface area (Å²) in [7, 11) is 1.76. The molecule has 1 fully saturated rings. The molecule has 0 N–H and O–H groups in total. The number of hydrogen-bond donors (Lipinski definition) is 0. The molecular formula is C16H30N2O. The molecule has 19 heavy (non-hydrogen) atoms. The van der Waals surface area contributed by atoms with Crippen LogP contribution in [0, 0.1) is 17.2 Å². The molecule has 2 atom stereocenters. The topological polar surface area (TPSA) is 36.3 Å². The van der Waals surface area contributed by atoms with Crippen LogP contribution >= 0.6 is 0 Å². The largest absolute Gasteiger partial charge is 0.383 e. The quantitative estimate of drug-likeness (QED) is 0.661. The summed E-state index contributed by atoms with van der Waals surface area (Å²) in [5.74, 6) is 0.208. The Balaban J connectivity index is 2.82. The number of methoxy groups -OCH3 is 1. The fraction of sp³-hybridized carbons (Fsp3) is 0.938. The van der Waals surface area contributed by atoms with Crippen molar-refractivity contribution < 1.29 is 4.74 Å². The lowest BCUT2D eigenvalue weighted by Crippen LogP contribution is -2.47. The van der Waals surface area contributed by atoms with Gasteiger partial charge in [0.05, 0.1) is 18.6 Å². The molecule has 0 bridgehead atoms. The van der Waals surface area contributed by atoms with Crippen LogP contribution in [0.4, 0.5) is 0 Å². The van der Waals surface area contributed by atoms with Crippen molar-refractivity contribution in [3.8, 4) is 6.07 Å². The van der Waals surface area contributed by atoms with Crippen LogP contribution in [-0.2, 0) is 4.74 Å². The second-order valence-electron chi connectivity index (χ2n) is 5.64. The van der Waals surface area contributed by atoms with Crippen LogP contribution in [0.15, 0.2) is 0 Å². The summed E-state index contributed by atoms with van der Waals surface area (Å²) < 4.78 is 5.28. The molecule has 0 saturated heterocycles. The monoisotopic (exact) mass is 266 g/mol. The fourth-order valence-electron chi connectivity index (χ4n) is 3.41. The van der Waals surface area contributed by atoms with Crippen LogP contribution in [0.1, 0.15) is 58.8 Å². The molecule has 3 nitrogen and oxygen atoms in total. The Kier molecular flexibility index (Phi) is 8.09. The van der Waals surface area contributed by atoms with Gasteiger partial charge in [-0.15, -0.1) is 0 Å². The third kappa shape index (κ3) is 4.78. The molecule has 1 aliphatic rings. The second-order valence-corrected chi connectivity index (χ2v) is 5.64. The molecule has 1 saturated carbocycles. The molecule has 0 radical (unpaired) electrons. The van der Waals surface area contributed by atoms with Gasteiger partial charge >= 0.3 is 0 Å². The first-order valence-electron chi connectivity index (χ1n) is 7.92. The molecule has 0 aromatic carbocycles. The number of nitrogens with zero attached hydrogens (tertiary/aromatic N) is 2. The van der Waals surface area contributed by atoms with Crippen molar-refractivity contribution in [1.29, 1.82) is 5.26 Å². The summed E-state index contributed by atoms with van der Waals surface area (Å²) in [6, 6.07) is 3.60. The Morgan fingerprint density at radius 2 is 1.89 bits per heavy atom. The van der Waals surface area contributed by atoms with E-state index in [1.807, 2.05) is 0 Å². The van der Waals surface area contributed by atoms with Crippen molar-refractivity contribution in [3.05, 3.63) is 0 Å². The highest BCUT2D eigenvalue weighted by molar-refractivity contribution is 4.96.